The Hall–Kier alpha value is -3.91. The van der Waals surface area contributed by atoms with Crippen molar-refractivity contribution in [2.45, 2.75) is 26.0 Å². The molecule has 6 aromatic rings. The summed E-state index contributed by atoms with van der Waals surface area (Å²) in [5, 5.41) is 10.2. The fourth-order valence-electron chi connectivity index (χ4n) is 6.37. The Morgan fingerprint density at radius 2 is 1.45 bits per heavy atom. The summed E-state index contributed by atoms with van der Waals surface area (Å²) in [5.74, 6) is 1.05. The first-order valence-corrected chi connectivity index (χ1v) is 11.6. The van der Waals surface area contributed by atoms with Crippen LogP contribution in [0.4, 0.5) is 0 Å². The summed E-state index contributed by atoms with van der Waals surface area (Å²) in [6.07, 6.45) is 2.28. The quantitative estimate of drug-likeness (QED) is 0.142. The monoisotopic (exact) mass is 424 g/mol. The van der Waals surface area contributed by atoms with Crippen molar-refractivity contribution in [3.05, 3.63) is 96.2 Å². The van der Waals surface area contributed by atoms with Crippen molar-refractivity contribution in [2.24, 2.45) is 0 Å². The van der Waals surface area contributed by atoms with E-state index >= 15 is 0 Å². The van der Waals surface area contributed by atoms with Gasteiger partial charge in [-0.05, 0) is 56.1 Å². The molecule has 0 atom stereocenters. The van der Waals surface area contributed by atoms with Crippen molar-refractivity contribution >= 4 is 43.1 Å². The summed E-state index contributed by atoms with van der Waals surface area (Å²) in [6.45, 7) is 5.28. The molecule has 5 aromatic carbocycles. The Kier molecular flexibility index (Phi) is 3.05. The first-order chi connectivity index (χ1) is 16.1. The van der Waals surface area contributed by atoms with Gasteiger partial charge in [-0.15, -0.1) is 0 Å². The Balaban J connectivity index is 1.58. The van der Waals surface area contributed by atoms with E-state index in [9.17, 15) is 0 Å². The number of fused-ring (bicyclic) bond motifs is 7. The first kappa shape index (κ1) is 17.6. The third kappa shape index (κ3) is 2.07. The first-order valence-electron chi connectivity index (χ1n) is 11.6. The topological polar surface area (TPSA) is 13.1 Å². The van der Waals surface area contributed by atoms with Crippen LogP contribution in [0.5, 0.6) is 5.75 Å². The van der Waals surface area contributed by atoms with Gasteiger partial charge in [0, 0.05) is 21.8 Å². The van der Waals surface area contributed by atoms with Gasteiger partial charge in [-0.2, -0.15) is 4.57 Å². The molecular formula is C31H22NO+. The lowest BCUT2D eigenvalue weighted by atomic mass is 9.79. The second-order valence-electron chi connectivity index (χ2n) is 10.0. The van der Waals surface area contributed by atoms with E-state index in [2.05, 4.69) is 103 Å². The Morgan fingerprint density at radius 3 is 2.30 bits per heavy atom. The number of hydrogen-bond donors (Lipinski definition) is 0. The van der Waals surface area contributed by atoms with Crippen LogP contribution in [0.15, 0.2) is 85.1 Å². The zero-order valence-corrected chi connectivity index (χ0v) is 18.6. The fourth-order valence-corrected chi connectivity index (χ4v) is 6.37. The van der Waals surface area contributed by atoms with Gasteiger partial charge in [0.2, 0.25) is 5.69 Å². The van der Waals surface area contributed by atoms with Gasteiger partial charge in [0.1, 0.15) is 5.75 Å². The van der Waals surface area contributed by atoms with Gasteiger partial charge < -0.3 is 4.74 Å². The smallest absolute Gasteiger partial charge is 0.292 e. The molecule has 2 heterocycles. The van der Waals surface area contributed by atoms with E-state index < -0.39 is 0 Å². The average Bonchev–Trinajstić information content (AvgIpc) is 3.08. The van der Waals surface area contributed by atoms with E-state index in [1.807, 2.05) is 0 Å². The van der Waals surface area contributed by atoms with Gasteiger partial charge in [-0.25, -0.2) is 0 Å². The minimum Gasteiger partial charge on any atom is -0.434 e. The van der Waals surface area contributed by atoms with E-state index in [1.54, 1.807) is 0 Å². The number of hydrogen-bond acceptors (Lipinski definition) is 1. The molecule has 0 fully saturated rings. The van der Waals surface area contributed by atoms with E-state index in [-0.39, 0.29) is 5.41 Å². The maximum Gasteiger partial charge on any atom is 0.292 e. The number of benzene rings is 5. The summed E-state index contributed by atoms with van der Waals surface area (Å²) in [6, 6.07) is 28.9. The van der Waals surface area contributed by atoms with Crippen molar-refractivity contribution in [1.82, 2.24) is 0 Å². The van der Waals surface area contributed by atoms with Gasteiger partial charge in [0.15, 0.2) is 6.20 Å². The molecule has 2 heteroatoms. The summed E-state index contributed by atoms with van der Waals surface area (Å²) in [5.41, 5.74) is 5.28. The zero-order chi connectivity index (χ0) is 21.9. The third-order valence-corrected chi connectivity index (χ3v) is 7.87. The summed E-state index contributed by atoms with van der Waals surface area (Å²) in [7, 11) is 0. The minimum atomic E-state index is -0.114. The fraction of sp³-hybridized carbons (Fsp3) is 0.129. The average molecular weight is 425 g/mol. The van der Waals surface area contributed by atoms with Crippen LogP contribution in [0.1, 0.15) is 25.0 Å². The second kappa shape index (κ2) is 5.71. The molecule has 0 amide bonds. The predicted molar refractivity (Wildman–Crippen MR) is 135 cm³/mol. The highest BCUT2D eigenvalue weighted by Crippen LogP contribution is 2.56. The van der Waals surface area contributed by atoms with Gasteiger partial charge in [-0.3, -0.25) is 0 Å². The molecular weight excluding hydrogens is 402 g/mol. The lowest BCUT2D eigenvalue weighted by Crippen LogP contribution is -2.42. The van der Waals surface area contributed by atoms with Crippen LogP contribution in [0.3, 0.4) is 0 Å². The van der Waals surface area contributed by atoms with Crippen molar-refractivity contribution in [3.63, 3.8) is 0 Å². The van der Waals surface area contributed by atoms with Crippen LogP contribution < -0.4 is 9.30 Å². The highest BCUT2D eigenvalue weighted by atomic mass is 16.5. The largest absolute Gasteiger partial charge is 0.434 e. The number of pyridine rings is 1. The van der Waals surface area contributed by atoms with E-state index in [0.29, 0.717) is 6.73 Å². The molecule has 1 aromatic heterocycles. The second-order valence-corrected chi connectivity index (χ2v) is 10.0. The molecule has 156 valence electrons. The van der Waals surface area contributed by atoms with Crippen LogP contribution in [0.25, 0.3) is 54.3 Å². The maximum absolute atomic E-state index is 6.58. The SMILES string of the molecule is CC1(C)c2cc3ccc4ccccc4c3c3c2-c2c1c1cc4ccccc4cc1c[n+]2CO3. The van der Waals surface area contributed by atoms with Crippen molar-refractivity contribution in [2.75, 3.05) is 0 Å². The Morgan fingerprint density at radius 1 is 0.727 bits per heavy atom. The molecule has 8 rings (SSSR count). The third-order valence-electron chi connectivity index (χ3n) is 7.87. The molecule has 1 aliphatic heterocycles. The predicted octanol–water partition coefficient (Wildman–Crippen LogP) is 7.24. The normalized spacial score (nSPS) is 15.3. The lowest BCUT2D eigenvalue weighted by molar-refractivity contribution is -0.716. The van der Waals surface area contributed by atoms with Crippen LogP contribution in [0.2, 0.25) is 0 Å². The van der Waals surface area contributed by atoms with Crippen LogP contribution in [-0.4, -0.2) is 0 Å². The summed E-state index contributed by atoms with van der Waals surface area (Å²) >= 11 is 0. The number of rotatable bonds is 0. The van der Waals surface area contributed by atoms with Crippen molar-refractivity contribution in [1.29, 1.82) is 0 Å². The molecule has 0 saturated heterocycles. The summed E-state index contributed by atoms with van der Waals surface area (Å²) in [4.78, 5) is 0. The Bertz CT molecular complexity index is 1840. The summed E-state index contributed by atoms with van der Waals surface area (Å²) < 4.78 is 8.90. The molecule has 33 heavy (non-hydrogen) atoms. The molecule has 0 radical (unpaired) electrons. The Labute approximate surface area is 191 Å². The minimum absolute atomic E-state index is 0.114. The molecule has 0 N–H and O–H groups in total. The van der Waals surface area contributed by atoms with Gasteiger partial charge >= 0.3 is 0 Å². The molecule has 0 unspecified atom stereocenters. The molecule has 2 nitrogen and oxygen atoms in total. The van der Waals surface area contributed by atoms with Gasteiger partial charge in [0.05, 0.1) is 5.56 Å². The molecule has 0 bridgehead atoms. The van der Waals surface area contributed by atoms with Gasteiger partial charge in [-0.1, -0.05) is 74.5 Å². The van der Waals surface area contributed by atoms with E-state index in [4.69, 9.17) is 4.74 Å². The molecule has 1 aliphatic carbocycles. The van der Waals surface area contributed by atoms with Crippen molar-refractivity contribution in [3.8, 4) is 17.0 Å². The highest BCUT2D eigenvalue weighted by molar-refractivity contribution is 6.15. The number of nitrogens with zero attached hydrogens (tertiary/aromatic N) is 1. The van der Waals surface area contributed by atoms with Crippen LogP contribution in [0, 0.1) is 0 Å². The van der Waals surface area contributed by atoms with E-state index in [1.165, 1.54) is 65.5 Å². The number of ether oxygens (including phenoxy) is 1. The van der Waals surface area contributed by atoms with Crippen LogP contribution >= 0.6 is 0 Å². The maximum atomic E-state index is 6.58. The number of aromatic nitrogens is 1. The van der Waals surface area contributed by atoms with E-state index in [0.717, 1.165) is 5.75 Å². The molecule has 0 saturated carbocycles. The molecule has 0 spiro atoms. The van der Waals surface area contributed by atoms with Crippen molar-refractivity contribution < 1.29 is 9.30 Å². The van der Waals surface area contributed by atoms with Gasteiger partial charge in [0.25, 0.3) is 6.73 Å². The van der Waals surface area contributed by atoms with Crippen LogP contribution in [-0.2, 0) is 12.1 Å². The molecule has 2 aliphatic rings. The highest BCUT2D eigenvalue weighted by Gasteiger charge is 2.47. The lowest BCUT2D eigenvalue weighted by Gasteiger charge is -2.22. The standard InChI is InChI=1S/C31H22NO/c1-31(2)25-15-21-12-11-18-7-5-6-10-23(18)26(21)30-27(25)29-28(31)24-14-20-9-4-3-8-19(20)13-22(24)16-32(29)17-33-30/h3-16H,17H2,1-2H3/q+1. The zero-order valence-electron chi connectivity index (χ0n) is 18.6.